The van der Waals surface area contributed by atoms with E-state index >= 15 is 0 Å². The molecule has 1 aromatic carbocycles. The minimum absolute atomic E-state index is 0.622. The van der Waals surface area contributed by atoms with Gasteiger partial charge in [0, 0.05) is 24.4 Å². The van der Waals surface area contributed by atoms with E-state index in [0.29, 0.717) is 5.89 Å². The first-order chi connectivity index (χ1) is 9.29. The summed E-state index contributed by atoms with van der Waals surface area (Å²) in [4.78, 5) is 5.42. The van der Waals surface area contributed by atoms with Crippen molar-refractivity contribution >= 4 is 11.8 Å². The first kappa shape index (κ1) is 12.7. The van der Waals surface area contributed by atoms with Crippen LogP contribution in [0, 0.1) is 6.92 Å². The zero-order valence-corrected chi connectivity index (χ0v) is 11.7. The van der Waals surface area contributed by atoms with Crippen molar-refractivity contribution in [2.45, 2.75) is 43.0 Å². The van der Waals surface area contributed by atoms with Gasteiger partial charge in [0.05, 0.1) is 5.75 Å². The predicted octanol–water partition coefficient (Wildman–Crippen LogP) is 2.92. The van der Waals surface area contributed by atoms with Gasteiger partial charge in [0.1, 0.15) is 0 Å². The molecule has 2 aromatic rings. The Morgan fingerprint density at radius 2 is 2.11 bits per heavy atom. The van der Waals surface area contributed by atoms with Crippen LogP contribution in [0.3, 0.4) is 0 Å². The maximum Gasteiger partial charge on any atom is 0.223 e. The Balaban J connectivity index is 1.50. The van der Waals surface area contributed by atoms with E-state index in [1.54, 1.807) is 11.8 Å². The molecule has 0 unspecified atom stereocenters. The van der Waals surface area contributed by atoms with Crippen LogP contribution in [0.5, 0.6) is 0 Å². The molecule has 3 rings (SSSR count). The lowest BCUT2D eigenvalue weighted by Crippen LogP contribution is -2.14. The normalized spacial score (nSPS) is 14.8. The van der Waals surface area contributed by atoms with Gasteiger partial charge in [-0.25, -0.2) is 0 Å². The molecule has 1 heterocycles. The summed E-state index contributed by atoms with van der Waals surface area (Å²) in [6.07, 6.45) is 2.66. The quantitative estimate of drug-likeness (QED) is 0.821. The zero-order valence-electron chi connectivity index (χ0n) is 10.9. The van der Waals surface area contributed by atoms with E-state index in [0.717, 1.165) is 24.2 Å². The highest BCUT2D eigenvalue weighted by Crippen LogP contribution is 2.23. The van der Waals surface area contributed by atoms with Gasteiger partial charge in [-0.15, -0.1) is 11.8 Å². The van der Waals surface area contributed by atoms with Crippen LogP contribution >= 0.6 is 11.8 Å². The van der Waals surface area contributed by atoms with E-state index < -0.39 is 0 Å². The van der Waals surface area contributed by atoms with Crippen molar-refractivity contribution in [1.29, 1.82) is 0 Å². The van der Waals surface area contributed by atoms with Gasteiger partial charge >= 0.3 is 0 Å². The fourth-order valence-corrected chi connectivity index (χ4v) is 2.54. The number of hydrogen-bond donors (Lipinski definition) is 1. The van der Waals surface area contributed by atoms with Crippen LogP contribution in [0.4, 0.5) is 0 Å². The molecule has 1 saturated carbocycles. The molecular formula is C14H17N3OS. The second kappa shape index (κ2) is 5.75. The number of nitrogens with zero attached hydrogens (tertiary/aromatic N) is 2. The van der Waals surface area contributed by atoms with Gasteiger partial charge in [-0.05, 0) is 30.5 Å². The van der Waals surface area contributed by atoms with Gasteiger partial charge in [0.2, 0.25) is 5.89 Å². The van der Waals surface area contributed by atoms with Crippen LogP contribution in [0.1, 0.15) is 30.1 Å². The van der Waals surface area contributed by atoms with E-state index in [2.05, 4.69) is 39.7 Å². The fraction of sp³-hybridized carbons (Fsp3) is 0.429. The van der Waals surface area contributed by atoms with Gasteiger partial charge in [0.15, 0.2) is 5.82 Å². The lowest BCUT2D eigenvalue weighted by Gasteiger charge is -2.04. The van der Waals surface area contributed by atoms with E-state index in [9.17, 15) is 0 Å². The first-order valence-corrected chi connectivity index (χ1v) is 7.52. The number of rotatable bonds is 6. The smallest absolute Gasteiger partial charge is 0.223 e. The molecule has 0 aliphatic heterocycles. The SMILES string of the molecule is Cc1nc(CSc2ccc(CNC3CC3)cc2)no1. The van der Waals surface area contributed by atoms with E-state index in [1.165, 1.54) is 23.3 Å². The highest BCUT2D eigenvalue weighted by Gasteiger charge is 2.19. The molecule has 0 radical (unpaired) electrons. The molecule has 4 nitrogen and oxygen atoms in total. The number of hydrogen-bond acceptors (Lipinski definition) is 5. The molecule has 5 heteroatoms. The van der Waals surface area contributed by atoms with Crippen molar-refractivity contribution in [2.24, 2.45) is 0 Å². The van der Waals surface area contributed by atoms with E-state index in [1.807, 2.05) is 6.92 Å². The fourth-order valence-electron chi connectivity index (χ4n) is 1.80. The molecule has 0 saturated heterocycles. The topological polar surface area (TPSA) is 51.0 Å². The standard InChI is InChI=1S/C14H17N3OS/c1-10-16-14(17-18-10)9-19-13-6-2-11(3-7-13)8-15-12-4-5-12/h2-3,6-7,12,15H,4-5,8-9H2,1H3. The minimum Gasteiger partial charge on any atom is -0.340 e. The third kappa shape index (κ3) is 3.81. The molecule has 100 valence electrons. The summed E-state index contributed by atoms with van der Waals surface area (Å²) in [5.41, 5.74) is 1.34. The zero-order chi connectivity index (χ0) is 13.1. The Bertz CT molecular complexity index is 534. The highest BCUT2D eigenvalue weighted by molar-refractivity contribution is 7.98. The summed E-state index contributed by atoms with van der Waals surface area (Å²) in [5.74, 6) is 2.12. The third-order valence-corrected chi connectivity index (χ3v) is 4.04. The van der Waals surface area contributed by atoms with Gasteiger partial charge in [0.25, 0.3) is 0 Å². The molecule has 19 heavy (non-hydrogen) atoms. The van der Waals surface area contributed by atoms with Crippen molar-refractivity contribution in [3.63, 3.8) is 0 Å². The van der Waals surface area contributed by atoms with Crippen LogP contribution in [0.25, 0.3) is 0 Å². The summed E-state index contributed by atoms with van der Waals surface area (Å²) in [6.45, 7) is 2.78. The molecule has 1 aliphatic rings. The predicted molar refractivity (Wildman–Crippen MR) is 74.9 cm³/mol. The maximum atomic E-state index is 4.95. The number of benzene rings is 1. The van der Waals surface area contributed by atoms with E-state index in [-0.39, 0.29) is 0 Å². The van der Waals surface area contributed by atoms with E-state index in [4.69, 9.17) is 4.52 Å². The van der Waals surface area contributed by atoms with Crippen molar-refractivity contribution in [2.75, 3.05) is 0 Å². The molecule has 0 bridgehead atoms. The van der Waals surface area contributed by atoms with Crippen LogP contribution in [0.15, 0.2) is 33.7 Å². The van der Waals surface area contributed by atoms with Crippen LogP contribution in [-0.4, -0.2) is 16.2 Å². The molecule has 1 N–H and O–H groups in total. The Kier molecular flexibility index (Phi) is 3.84. The monoisotopic (exact) mass is 275 g/mol. The van der Waals surface area contributed by atoms with Gasteiger partial charge in [-0.2, -0.15) is 4.98 Å². The van der Waals surface area contributed by atoms with Gasteiger partial charge in [-0.3, -0.25) is 0 Å². The Morgan fingerprint density at radius 3 is 2.74 bits per heavy atom. The average Bonchev–Trinajstić information content (AvgIpc) is 3.17. The largest absolute Gasteiger partial charge is 0.340 e. The maximum absolute atomic E-state index is 4.95. The van der Waals surface area contributed by atoms with Crippen molar-refractivity contribution in [3.05, 3.63) is 41.5 Å². The summed E-state index contributed by atoms with van der Waals surface area (Å²) in [5, 5.41) is 7.40. The summed E-state index contributed by atoms with van der Waals surface area (Å²) >= 11 is 1.73. The number of nitrogens with one attached hydrogen (secondary N) is 1. The first-order valence-electron chi connectivity index (χ1n) is 6.54. The molecule has 1 aliphatic carbocycles. The van der Waals surface area contributed by atoms with Crippen molar-refractivity contribution in [3.8, 4) is 0 Å². The minimum atomic E-state index is 0.622. The number of aryl methyl sites for hydroxylation is 1. The lowest BCUT2D eigenvalue weighted by molar-refractivity contribution is 0.389. The second-order valence-corrected chi connectivity index (χ2v) is 5.87. The summed E-state index contributed by atoms with van der Waals surface area (Å²) in [7, 11) is 0. The summed E-state index contributed by atoms with van der Waals surface area (Å²) in [6, 6.07) is 9.43. The van der Waals surface area contributed by atoms with Crippen LogP contribution in [-0.2, 0) is 12.3 Å². The molecular weight excluding hydrogens is 258 g/mol. The van der Waals surface area contributed by atoms with Crippen molar-refractivity contribution in [1.82, 2.24) is 15.5 Å². The van der Waals surface area contributed by atoms with Crippen LogP contribution in [0.2, 0.25) is 0 Å². The van der Waals surface area contributed by atoms with Gasteiger partial charge < -0.3 is 9.84 Å². The average molecular weight is 275 g/mol. The molecule has 1 fully saturated rings. The number of thioether (sulfide) groups is 1. The van der Waals surface area contributed by atoms with Crippen LogP contribution < -0.4 is 5.32 Å². The Hall–Kier alpha value is -1.33. The van der Waals surface area contributed by atoms with Crippen molar-refractivity contribution < 1.29 is 4.52 Å². The molecule has 1 aromatic heterocycles. The molecule has 0 atom stereocenters. The van der Waals surface area contributed by atoms with Gasteiger partial charge in [-0.1, -0.05) is 17.3 Å². The lowest BCUT2D eigenvalue weighted by atomic mass is 10.2. The molecule has 0 amide bonds. The third-order valence-electron chi connectivity index (χ3n) is 3.03. The Labute approximate surface area is 117 Å². The highest BCUT2D eigenvalue weighted by atomic mass is 32.2. The summed E-state index contributed by atoms with van der Waals surface area (Å²) < 4.78 is 4.95. The Morgan fingerprint density at radius 1 is 1.32 bits per heavy atom. The molecule has 0 spiro atoms. The second-order valence-electron chi connectivity index (χ2n) is 4.82. The number of aromatic nitrogens is 2.